The average Bonchev–Trinajstić information content (AvgIpc) is 2.22. The molecule has 1 rings (SSSR count). The molecule has 0 amide bonds. The second kappa shape index (κ2) is 7.06. The predicted molar refractivity (Wildman–Crippen MR) is 60.6 cm³/mol. The number of hydrogen-bond acceptors (Lipinski definition) is 2. The Hall–Kier alpha value is -1.38. The van der Waals surface area contributed by atoms with Crippen LogP contribution in [0.25, 0.3) is 0 Å². The average molecular weight is 193 g/mol. The summed E-state index contributed by atoms with van der Waals surface area (Å²) in [5.74, 6) is 0.0351. The molecule has 0 aliphatic rings. The minimum atomic E-state index is 0.0351. The molecule has 1 aromatic rings. The lowest BCUT2D eigenvalue weighted by atomic mass is 10.2. The summed E-state index contributed by atoms with van der Waals surface area (Å²) >= 11 is 0. The van der Waals surface area contributed by atoms with Crippen molar-refractivity contribution in [1.29, 1.82) is 5.41 Å². The van der Waals surface area contributed by atoms with Gasteiger partial charge in [-0.1, -0.05) is 33.3 Å². The second-order valence-corrected chi connectivity index (χ2v) is 2.68. The highest BCUT2D eigenvalue weighted by Crippen LogP contribution is 2.01. The van der Waals surface area contributed by atoms with Gasteiger partial charge in [-0.25, -0.2) is 4.98 Å². The van der Waals surface area contributed by atoms with Gasteiger partial charge in [-0.15, -0.1) is 0 Å². The Labute approximate surface area is 85.9 Å². The number of hydrogen-bond donors (Lipinski definition) is 2. The van der Waals surface area contributed by atoms with Crippen LogP contribution in [0.1, 0.15) is 38.6 Å². The van der Waals surface area contributed by atoms with Gasteiger partial charge < -0.3 is 5.73 Å². The van der Waals surface area contributed by atoms with Gasteiger partial charge in [0.25, 0.3) is 0 Å². The van der Waals surface area contributed by atoms with E-state index in [1.807, 2.05) is 26.0 Å². The summed E-state index contributed by atoms with van der Waals surface area (Å²) in [6, 6.07) is 5.59. The van der Waals surface area contributed by atoms with Gasteiger partial charge in [0.2, 0.25) is 0 Å². The maximum absolute atomic E-state index is 7.18. The van der Waals surface area contributed by atoms with Gasteiger partial charge in [0, 0.05) is 5.69 Å². The van der Waals surface area contributed by atoms with E-state index in [1.165, 1.54) is 0 Å². The lowest BCUT2D eigenvalue weighted by Crippen LogP contribution is -2.13. The van der Waals surface area contributed by atoms with Gasteiger partial charge in [0.05, 0.1) is 0 Å². The van der Waals surface area contributed by atoms with Crippen LogP contribution in [-0.2, 0) is 6.42 Å². The molecule has 0 unspecified atom stereocenters. The van der Waals surface area contributed by atoms with Gasteiger partial charge in [-0.05, 0) is 18.6 Å². The third kappa shape index (κ3) is 4.03. The number of pyridine rings is 1. The van der Waals surface area contributed by atoms with E-state index in [2.05, 4.69) is 11.9 Å². The highest BCUT2D eigenvalue weighted by Gasteiger charge is 1.98. The van der Waals surface area contributed by atoms with Crippen molar-refractivity contribution in [2.75, 3.05) is 0 Å². The number of rotatable bonds is 3. The van der Waals surface area contributed by atoms with Gasteiger partial charge >= 0.3 is 0 Å². The zero-order valence-electron chi connectivity index (χ0n) is 9.17. The number of amidine groups is 1. The van der Waals surface area contributed by atoms with Gasteiger partial charge in [0.1, 0.15) is 11.5 Å². The zero-order chi connectivity index (χ0) is 11.0. The molecule has 1 aromatic heterocycles. The zero-order valence-corrected chi connectivity index (χ0v) is 9.17. The minimum Gasteiger partial charge on any atom is -0.382 e. The van der Waals surface area contributed by atoms with Crippen LogP contribution in [0.4, 0.5) is 0 Å². The van der Waals surface area contributed by atoms with E-state index in [-0.39, 0.29) is 5.84 Å². The van der Waals surface area contributed by atoms with Crippen molar-refractivity contribution in [1.82, 2.24) is 4.98 Å². The van der Waals surface area contributed by atoms with E-state index in [9.17, 15) is 0 Å². The van der Waals surface area contributed by atoms with Crippen LogP contribution in [0, 0.1) is 5.41 Å². The summed E-state index contributed by atoms with van der Waals surface area (Å²) < 4.78 is 0. The van der Waals surface area contributed by atoms with Gasteiger partial charge in [-0.2, -0.15) is 0 Å². The fourth-order valence-electron chi connectivity index (χ4n) is 1.02. The van der Waals surface area contributed by atoms with E-state index >= 15 is 0 Å². The second-order valence-electron chi connectivity index (χ2n) is 2.68. The Morgan fingerprint density at radius 3 is 2.57 bits per heavy atom. The number of aryl methyl sites for hydroxylation is 1. The molecule has 3 heteroatoms. The lowest BCUT2D eigenvalue weighted by molar-refractivity contribution is 0.880. The van der Waals surface area contributed by atoms with Crippen molar-refractivity contribution in [3.05, 3.63) is 29.6 Å². The highest BCUT2D eigenvalue weighted by atomic mass is 14.8. The molecule has 0 atom stereocenters. The van der Waals surface area contributed by atoms with Crippen LogP contribution in [-0.4, -0.2) is 10.8 Å². The summed E-state index contributed by atoms with van der Waals surface area (Å²) in [7, 11) is 0. The summed E-state index contributed by atoms with van der Waals surface area (Å²) in [4.78, 5) is 4.21. The lowest BCUT2D eigenvalue weighted by Gasteiger charge is -2.00. The smallest absolute Gasteiger partial charge is 0.141 e. The number of nitrogens with two attached hydrogens (primary N) is 1. The molecule has 0 saturated heterocycles. The number of nitrogens with one attached hydrogen (secondary N) is 1. The molecule has 0 aliphatic heterocycles. The molecular weight excluding hydrogens is 174 g/mol. The van der Waals surface area contributed by atoms with Crippen LogP contribution in [0.5, 0.6) is 0 Å². The highest BCUT2D eigenvalue weighted by molar-refractivity contribution is 5.92. The Balaban J connectivity index is 0.000000791. The number of nitrogen functional groups attached to an aromatic ring is 1. The van der Waals surface area contributed by atoms with Crippen molar-refractivity contribution in [2.45, 2.75) is 33.6 Å². The monoisotopic (exact) mass is 193 g/mol. The number of aromatic nitrogens is 1. The molecule has 0 saturated carbocycles. The van der Waals surface area contributed by atoms with Gasteiger partial charge in [0.15, 0.2) is 0 Å². The molecule has 0 fully saturated rings. The van der Waals surface area contributed by atoms with Crippen molar-refractivity contribution < 1.29 is 0 Å². The first kappa shape index (κ1) is 12.6. The minimum absolute atomic E-state index is 0.0351. The molecule has 0 bridgehead atoms. The molecule has 1 heterocycles. The van der Waals surface area contributed by atoms with Crippen LogP contribution in [0.3, 0.4) is 0 Å². The first-order valence-electron chi connectivity index (χ1n) is 5.04. The summed E-state index contributed by atoms with van der Waals surface area (Å²) in [6.45, 7) is 6.10. The van der Waals surface area contributed by atoms with Crippen LogP contribution in [0.15, 0.2) is 18.2 Å². The van der Waals surface area contributed by atoms with Crippen LogP contribution in [0.2, 0.25) is 0 Å². The Morgan fingerprint density at radius 1 is 1.43 bits per heavy atom. The molecule has 78 valence electrons. The molecule has 3 N–H and O–H groups in total. The summed E-state index contributed by atoms with van der Waals surface area (Å²) in [5.41, 5.74) is 6.87. The van der Waals surface area contributed by atoms with Crippen LogP contribution < -0.4 is 5.73 Å². The molecule has 0 aliphatic carbocycles. The molecule has 0 spiro atoms. The number of nitrogens with zero attached hydrogens (tertiary/aromatic N) is 1. The predicted octanol–water partition coefficient (Wildman–Crippen LogP) is 2.34. The summed E-state index contributed by atoms with van der Waals surface area (Å²) in [5, 5.41) is 7.18. The quantitative estimate of drug-likeness (QED) is 0.571. The van der Waals surface area contributed by atoms with Crippen molar-refractivity contribution >= 4 is 5.84 Å². The van der Waals surface area contributed by atoms with Crippen molar-refractivity contribution in [3.63, 3.8) is 0 Å². The fraction of sp³-hybridized carbons (Fsp3) is 0.455. The SMILES string of the molecule is CC.CCCc1cccc(C(=N)N)n1. The Morgan fingerprint density at radius 2 is 2.07 bits per heavy atom. The van der Waals surface area contributed by atoms with E-state index in [0.717, 1.165) is 18.5 Å². The maximum Gasteiger partial charge on any atom is 0.141 e. The molecule has 0 radical (unpaired) electrons. The first-order chi connectivity index (χ1) is 6.74. The van der Waals surface area contributed by atoms with E-state index < -0.39 is 0 Å². The molecule has 3 nitrogen and oxygen atoms in total. The molecule has 0 aromatic carbocycles. The third-order valence-electron chi connectivity index (χ3n) is 1.59. The van der Waals surface area contributed by atoms with E-state index in [4.69, 9.17) is 11.1 Å². The van der Waals surface area contributed by atoms with Crippen LogP contribution >= 0.6 is 0 Å². The topological polar surface area (TPSA) is 62.8 Å². The molecular formula is C11H19N3. The third-order valence-corrected chi connectivity index (χ3v) is 1.59. The van der Waals surface area contributed by atoms with Gasteiger partial charge in [-0.3, -0.25) is 5.41 Å². The molecule has 14 heavy (non-hydrogen) atoms. The fourth-order valence-corrected chi connectivity index (χ4v) is 1.02. The van der Waals surface area contributed by atoms with Crippen molar-refractivity contribution in [2.24, 2.45) is 5.73 Å². The first-order valence-corrected chi connectivity index (χ1v) is 5.04. The Kier molecular flexibility index (Phi) is 6.37. The van der Waals surface area contributed by atoms with Crippen molar-refractivity contribution in [3.8, 4) is 0 Å². The Bertz CT molecular complexity index is 282. The standard InChI is InChI=1S/C9H13N3.C2H6/c1-2-4-7-5-3-6-8(12-7)9(10)11;1-2/h3,5-6H,2,4H2,1H3,(H3,10,11);1-2H3. The largest absolute Gasteiger partial charge is 0.382 e. The summed E-state index contributed by atoms with van der Waals surface area (Å²) in [6.07, 6.45) is 2.01. The normalized spacial score (nSPS) is 8.79. The maximum atomic E-state index is 7.18. The van der Waals surface area contributed by atoms with E-state index in [0.29, 0.717) is 5.69 Å². The van der Waals surface area contributed by atoms with E-state index in [1.54, 1.807) is 6.07 Å².